The second-order valence-electron chi connectivity index (χ2n) is 23.2. The number of aliphatic hydroxyl groups is 2. The van der Waals surface area contributed by atoms with E-state index in [1.165, 1.54) is 289 Å². The molecule has 3 N–H and O–H groups in total. The standard InChI is InChI=1S/C69H131NO5/c1-3-5-7-9-11-13-15-17-19-20-21-22-23-24-25-26-27-30-34-37-41-45-49-53-57-61-67(72)66(65-71)70-68(73)62-58-54-50-46-42-38-35-31-28-29-32-36-40-44-48-52-56-60-64-75-69(74)63-59-55-51-47-43-39-33-18-16-14-12-10-8-6-4-2/h12,14,18,33,57,61,66-67,71-72H,3-11,13,15-17,19-32,34-56,58-60,62-65H2,1-2H3,(H,70,73)/b14-12-,33-18-,61-57+. The smallest absolute Gasteiger partial charge is 0.305 e. The largest absolute Gasteiger partial charge is 0.466 e. The zero-order chi connectivity index (χ0) is 54.3. The molecule has 0 aromatic heterocycles. The van der Waals surface area contributed by atoms with E-state index in [0.717, 1.165) is 51.4 Å². The van der Waals surface area contributed by atoms with Crippen LogP contribution in [0.2, 0.25) is 0 Å². The lowest BCUT2D eigenvalue weighted by atomic mass is 10.0. The van der Waals surface area contributed by atoms with Crippen molar-refractivity contribution in [2.45, 2.75) is 379 Å². The van der Waals surface area contributed by atoms with Gasteiger partial charge in [-0.15, -0.1) is 0 Å². The summed E-state index contributed by atoms with van der Waals surface area (Å²) in [5.74, 6) is -0.0756. The van der Waals surface area contributed by atoms with E-state index in [-0.39, 0.29) is 18.5 Å². The van der Waals surface area contributed by atoms with Gasteiger partial charge in [0.1, 0.15) is 0 Å². The maximum atomic E-state index is 12.5. The maximum Gasteiger partial charge on any atom is 0.305 e. The summed E-state index contributed by atoms with van der Waals surface area (Å²) in [6.07, 6.45) is 82.0. The lowest BCUT2D eigenvalue weighted by Crippen LogP contribution is -2.45. The van der Waals surface area contributed by atoms with Crippen LogP contribution in [-0.4, -0.2) is 47.4 Å². The molecule has 0 saturated carbocycles. The van der Waals surface area contributed by atoms with Gasteiger partial charge in [-0.1, -0.05) is 326 Å². The molecule has 0 aromatic carbocycles. The number of hydrogen-bond acceptors (Lipinski definition) is 5. The van der Waals surface area contributed by atoms with E-state index in [0.29, 0.717) is 19.4 Å². The SMILES string of the molecule is CCCCC/C=C\C/C=C\CCCCCCCC(=O)OCCCCCCCCCCCCCCCCCCCCC(=O)NC(CO)C(O)/C=C/CCCCCCCCCCCCCCCCCCCCCCCCC. The minimum Gasteiger partial charge on any atom is -0.466 e. The third-order valence-electron chi connectivity index (χ3n) is 15.7. The van der Waals surface area contributed by atoms with Crippen LogP contribution in [0.5, 0.6) is 0 Å². The second-order valence-corrected chi connectivity index (χ2v) is 23.2. The summed E-state index contributed by atoms with van der Waals surface area (Å²) in [6, 6.07) is -0.633. The summed E-state index contributed by atoms with van der Waals surface area (Å²) in [7, 11) is 0. The molecule has 75 heavy (non-hydrogen) atoms. The van der Waals surface area contributed by atoms with Crippen molar-refractivity contribution in [3.63, 3.8) is 0 Å². The van der Waals surface area contributed by atoms with Crippen LogP contribution in [0.4, 0.5) is 0 Å². The number of carbonyl (C=O) groups excluding carboxylic acids is 2. The van der Waals surface area contributed by atoms with E-state index in [1.54, 1.807) is 6.08 Å². The normalized spacial score (nSPS) is 12.7. The molecule has 0 heterocycles. The van der Waals surface area contributed by atoms with E-state index in [1.807, 2.05) is 6.08 Å². The summed E-state index contributed by atoms with van der Waals surface area (Å²) < 4.78 is 5.48. The van der Waals surface area contributed by atoms with E-state index in [2.05, 4.69) is 43.5 Å². The average Bonchev–Trinajstić information content (AvgIpc) is 3.41. The van der Waals surface area contributed by atoms with Crippen LogP contribution in [0.15, 0.2) is 36.5 Å². The molecule has 0 bridgehead atoms. The Hall–Kier alpha value is -1.92. The number of carbonyl (C=O) groups is 2. The average molecular weight is 1050 g/mol. The molecule has 0 aliphatic carbocycles. The number of aliphatic hydroxyl groups excluding tert-OH is 2. The third-order valence-corrected chi connectivity index (χ3v) is 15.7. The molecule has 0 fully saturated rings. The maximum absolute atomic E-state index is 12.5. The summed E-state index contributed by atoms with van der Waals surface area (Å²) in [5.41, 5.74) is 0. The summed E-state index contributed by atoms with van der Waals surface area (Å²) >= 11 is 0. The molecule has 0 aliphatic heterocycles. The molecule has 2 atom stereocenters. The molecule has 0 aromatic rings. The summed E-state index contributed by atoms with van der Waals surface area (Å²) in [5, 5.41) is 23.3. The molecule has 6 nitrogen and oxygen atoms in total. The quantitative estimate of drug-likeness (QED) is 0.0320. The fourth-order valence-electron chi connectivity index (χ4n) is 10.5. The first-order chi connectivity index (χ1) is 37.0. The first kappa shape index (κ1) is 73.1. The summed E-state index contributed by atoms with van der Waals surface area (Å²) in [6.45, 7) is 4.89. The minimum absolute atomic E-state index is 0.00690. The van der Waals surface area contributed by atoms with Crippen molar-refractivity contribution in [3.8, 4) is 0 Å². The summed E-state index contributed by atoms with van der Waals surface area (Å²) in [4.78, 5) is 24.6. The Morgan fingerprint density at radius 2 is 0.667 bits per heavy atom. The molecule has 2 unspecified atom stereocenters. The highest BCUT2D eigenvalue weighted by Crippen LogP contribution is 2.18. The number of amides is 1. The third kappa shape index (κ3) is 61.2. The van der Waals surface area contributed by atoms with Gasteiger partial charge in [-0.2, -0.15) is 0 Å². The Morgan fingerprint density at radius 1 is 0.373 bits per heavy atom. The van der Waals surface area contributed by atoms with Crippen LogP contribution >= 0.6 is 0 Å². The second kappa shape index (κ2) is 64.6. The lowest BCUT2D eigenvalue weighted by molar-refractivity contribution is -0.143. The van der Waals surface area contributed by atoms with Crippen LogP contribution in [0, 0.1) is 0 Å². The van der Waals surface area contributed by atoms with Crippen molar-refractivity contribution >= 4 is 11.9 Å². The zero-order valence-corrected chi connectivity index (χ0v) is 50.5. The molecule has 0 radical (unpaired) electrons. The molecular formula is C69H131NO5. The molecular weight excluding hydrogens is 923 g/mol. The molecule has 1 amide bonds. The fraction of sp³-hybridized carbons (Fsp3) is 0.884. The monoisotopic (exact) mass is 1050 g/mol. The van der Waals surface area contributed by atoms with Gasteiger partial charge in [-0.3, -0.25) is 9.59 Å². The number of ether oxygens (including phenoxy) is 1. The van der Waals surface area contributed by atoms with Crippen molar-refractivity contribution < 1.29 is 24.5 Å². The van der Waals surface area contributed by atoms with Gasteiger partial charge in [0.15, 0.2) is 0 Å². The molecule has 0 spiro atoms. The molecule has 442 valence electrons. The number of allylic oxidation sites excluding steroid dienone is 5. The Morgan fingerprint density at radius 3 is 1.04 bits per heavy atom. The predicted molar refractivity (Wildman–Crippen MR) is 329 cm³/mol. The van der Waals surface area contributed by atoms with Gasteiger partial charge < -0.3 is 20.3 Å². The van der Waals surface area contributed by atoms with E-state index >= 15 is 0 Å². The van der Waals surface area contributed by atoms with Gasteiger partial charge in [-0.05, 0) is 64.2 Å². The van der Waals surface area contributed by atoms with Gasteiger partial charge in [0, 0.05) is 12.8 Å². The number of unbranched alkanes of at least 4 members (excludes halogenated alkanes) is 48. The van der Waals surface area contributed by atoms with Crippen LogP contribution in [0.1, 0.15) is 367 Å². The Kier molecular flexibility index (Phi) is 63.0. The number of rotatable bonds is 63. The van der Waals surface area contributed by atoms with E-state index < -0.39 is 12.1 Å². The highest BCUT2D eigenvalue weighted by atomic mass is 16.5. The molecule has 0 rings (SSSR count). The van der Waals surface area contributed by atoms with E-state index in [4.69, 9.17) is 4.74 Å². The van der Waals surface area contributed by atoms with Crippen molar-refractivity contribution in [1.82, 2.24) is 5.32 Å². The Bertz CT molecular complexity index is 1210. The molecule has 6 heteroatoms. The molecule has 0 saturated heterocycles. The highest BCUT2D eigenvalue weighted by Gasteiger charge is 2.18. The van der Waals surface area contributed by atoms with Crippen LogP contribution in [0.25, 0.3) is 0 Å². The van der Waals surface area contributed by atoms with Gasteiger partial charge in [0.25, 0.3) is 0 Å². The molecule has 0 aliphatic rings. The van der Waals surface area contributed by atoms with Crippen molar-refractivity contribution in [2.24, 2.45) is 0 Å². The fourth-order valence-corrected chi connectivity index (χ4v) is 10.5. The van der Waals surface area contributed by atoms with Gasteiger partial charge in [0.05, 0.1) is 25.4 Å². The Labute approximate surface area is 468 Å². The number of esters is 1. The van der Waals surface area contributed by atoms with Crippen molar-refractivity contribution in [3.05, 3.63) is 36.5 Å². The topological polar surface area (TPSA) is 95.9 Å². The van der Waals surface area contributed by atoms with Gasteiger partial charge in [0.2, 0.25) is 5.91 Å². The van der Waals surface area contributed by atoms with Crippen LogP contribution in [0.3, 0.4) is 0 Å². The predicted octanol–water partition coefficient (Wildman–Crippen LogP) is 21.5. The van der Waals surface area contributed by atoms with Gasteiger partial charge in [-0.25, -0.2) is 0 Å². The zero-order valence-electron chi connectivity index (χ0n) is 50.5. The van der Waals surface area contributed by atoms with Crippen molar-refractivity contribution in [1.29, 1.82) is 0 Å². The highest BCUT2D eigenvalue weighted by molar-refractivity contribution is 5.76. The first-order valence-corrected chi connectivity index (χ1v) is 33.8. The van der Waals surface area contributed by atoms with Gasteiger partial charge >= 0.3 is 5.97 Å². The Balaban J connectivity index is 3.44. The van der Waals surface area contributed by atoms with Crippen molar-refractivity contribution in [2.75, 3.05) is 13.2 Å². The minimum atomic E-state index is -0.850. The number of nitrogens with one attached hydrogen (secondary N) is 1. The number of hydrogen-bond donors (Lipinski definition) is 3. The first-order valence-electron chi connectivity index (χ1n) is 33.8. The van der Waals surface area contributed by atoms with E-state index in [9.17, 15) is 19.8 Å². The lowest BCUT2D eigenvalue weighted by Gasteiger charge is -2.20. The van der Waals surface area contributed by atoms with Crippen LogP contribution < -0.4 is 5.32 Å². The van der Waals surface area contributed by atoms with Crippen LogP contribution in [-0.2, 0) is 14.3 Å².